The molecule has 0 radical (unpaired) electrons. The first-order valence-corrected chi connectivity index (χ1v) is 6.72. The van der Waals surface area contributed by atoms with E-state index in [2.05, 4.69) is 24.4 Å². The molecule has 2 aromatic rings. The number of rotatable bonds is 5. The lowest BCUT2D eigenvalue weighted by Crippen LogP contribution is -2.11. The molecule has 0 amide bonds. The van der Waals surface area contributed by atoms with Gasteiger partial charge in [0.1, 0.15) is 12.4 Å². The van der Waals surface area contributed by atoms with E-state index >= 15 is 0 Å². The molecule has 0 spiro atoms. The average molecular weight is 276 g/mol. The van der Waals surface area contributed by atoms with Crippen LogP contribution < -0.4 is 10.1 Å². The fourth-order valence-electron chi connectivity index (χ4n) is 1.83. The van der Waals surface area contributed by atoms with E-state index in [0.29, 0.717) is 11.6 Å². The van der Waals surface area contributed by atoms with Gasteiger partial charge in [-0.1, -0.05) is 29.8 Å². The molecule has 0 atom stereocenters. The summed E-state index contributed by atoms with van der Waals surface area (Å²) in [5.41, 5.74) is 3.49. The van der Waals surface area contributed by atoms with Gasteiger partial charge in [-0.2, -0.15) is 0 Å². The Balaban J connectivity index is 1.81. The number of hydrogen-bond donors (Lipinski definition) is 1. The van der Waals surface area contributed by atoms with Crippen molar-refractivity contribution in [1.82, 2.24) is 0 Å². The van der Waals surface area contributed by atoms with Crippen LogP contribution in [0.15, 0.2) is 42.5 Å². The summed E-state index contributed by atoms with van der Waals surface area (Å²) in [6.07, 6.45) is 0. The second-order valence-electron chi connectivity index (χ2n) is 4.58. The molecule has 0 aliphatic carbocycles. The Morgan fingerprint density at radius 3 is 2.58 bits per heavy atom. The third kappa shape index (κ3) is 4.18. The van der Waals surface area contributed by atoms with Crippen LogP contribution in [0.2, 0.25) is 5.02 Å². The van der Waals surface area contributed by atoms with E-state index in [0.717, 1.165) is 23.5 Å². The van der Waals surface area contributed by atoms with Gasteiger partial charge in [0.05, 0.1) is 5.02 Å². The summed E-state index contributed by atoms with van der Waals surface area (Å²) in [5.74, 6) is 0.735. The van der Waals surface area contributed by atoms with Crippen LogP contribution in [0.4, 0.5) is 5.69 Å². The Kier molecular flexibility index (Phi) is 4.69. The highest BCUT2D eigenvalue weighted by molar-refractivity contribution is 6.32. The topological polar surface area (TPSA) is 21.3 Å². The highest BCUT2D eigenvalue weighted by Crippen LogP contribution is 2.24. The predicted octanol–water partition coefficient (Wildman–Crippen LogP) is 4.45. The van der Waals surface area contributed by atoms with Gasteiger partial charge in [-0.15, -0.1) is 0 Å². The minimum absolute atomic E-state index is 0.580. The minimum atomic E-state index is 0.580. The van der Waals surface area contributed by atoms with E-state index in [4.69, 9.17) is 16.3 Å². The number of halogens is 1. The summed E-state index contributed by atoms with van der Waals surface area (Å²) < 4.78 is 5.65. The summed E-state index contributed by atoms with van der Waals surface area (Å²) in [6.45, 7) is 5.41. The van der Waals surface area contributed by atoms with Gasteiger partial charge >= 0.3 is 0 Å². The summed E-state index contributed by atoms with van der Waals surface area (Å²) in [4.78, 5) is 0. The van der Waals surface area contributed by atoms with Crippen molar-refractivity contribution >= 4 is 17.3 Å². The quantitative estimate of drug-likeness (QED) is 0.814. The molecule has 19 heavy (non-hydrogen) atoms. The van der Waals surface area contributed by atoms with Gasteiger partial charge < -0.3 is 10.1 Å². The molecular weight excluding hydrogens is 258 g/mol. The van der Waals surface area contributed by atoms with Crippen LogP contribution in [0.25, 0.3) is 0 Å². The standard InChI is InChI=1S/C16H18ClNO/c1-12-4-3-5-14(10-12)18-8-9-19-16-7-6-13(2)11-15(16)17/h3-7,10-11,18H,8-9H2,1-2H3. The SMILES string of the molecule is Cc1cccc(NCCOc2ccc(C)cc2Cl)c1. The fraction of sp³-hybridized carbons (Fsp3) is 0.250. The van der Waals surface area contributed by atoms with Gasteiger partial charge in [0, 0.05) is 12.2 Å². The van der Waals surface area contributed by atoms with Gasteiger partial charge in [-0.3, -0.25) is 0 Å². The van der Waals surface area contributed by atoms with E-state index in [1.165, 1.54) is 5.56 Å². The van der Waals surface area contributed by atoms with Crippen molar-refractivity contribution in [3.63, 3.8) is 0 Å². The Bertz CT molecular complexity index is 554. The molecule has 0 aromatic heterocycles. The number of anilines is 1. The maximum absolute atomic E-state index is 6.10. The van der Waals surface area contributed by atoms with Crippen LogP contribution in [-0.2, 0) is 0 Å². The van der Waals surface area contributed by atoms with Crippen molar-refractivity contribution in [2.24, 2.45) is 0 Å². The lowest BCUT2D eigenvalue weighted by atomic mass is 10.2. The van der Waals surface area contributed by atoms with Gasteiger partial charge in [-0.25, -0.2) is 0 Å². The van der Waals surface area contributed by atoms with Gasteiger partial charge in [0.15, 0.2) is 0 Å². The minimum Gasteiger partial charge on any atom is -0.490 e. The van der Waals surface area contributed by atoms with E-state index in [-0.39, 0.29) is 0 Å². The molecule has 0 aliphatic heterocycles. The highest BCUT2D eigenvalue weighted by atomic mass is 35.5. The monoisotopic (exact) mass is 275 g/mol. The molecule has 0 heterocycles. The van der Waals surface area contributed by atoms with E-state index in [1.54, 1.807) is 0 Å². The average Bonchev–Trinajstić information content (AvgIpc) is 2.37. The van der Waals surface area contributed by atoms with E-state index in [1.807, 2.05) is 37.3 Å². The molecule has 2 nitrogen and oxygen atoms in total. The molecule has 1 N–H and O–H groups in total. The third-order valence-corrected chi connectivity index (χ3v) is 3.09. The molecule has 0 aliphatic rings. The van der Waals surface area contributed by atoms with Gasteiger partial charge in [0.2, 0.25) is 0 Å². The molecule has 100 valence electrons. The second-order valence-corrected chi connectivity index (χ2v) is 4.99. The highest BCUT2D eigenvalue weighted by Gasteiger charge is 2.01. The molecule has 0 fully saturated rings. The van der Waals surface area contributed by atoms with Crippen molar-refractivity contribution in [2.75, 3.05) is 18.5 Å². The molecule has 3 heteroatoms. The molecule has 0 saturated carbocycles. The summed E-state index contributed by atoms with van der Waals surface area (Å²) in [5, 5.41) is 3.98. The van der Waals surface area contributed by atoms with E-state index in [9.17, 15) is 0 Å². The number of nitrogens with one attached hydrogen (secondary N) is 1. The summed E-state index contributed by atoms with van der Waals surface area (Å²) >= 11 is 6.10. The zero-order chi connectivity index (χ0) is 13.7. The molecule has 0 saturated heterocycles. The zero-order valence-electron chi connectivity index (χ0n) is 11.2. The number of aryl methyl sites for hydroxylation is 2. The largest absolute Gasteiger partial charge is 0.490 e. The Morgan fingerprint density at radius 1 is 1.05 bits per heavy atom. The smallest absolute Gasteiger partial charge is 0.137 e. The number of ether oxygens (including phenoxy) is 1. The first-order valence-electron chi connectivity index (χ1n) is 6.34. The lowest BCUT2D eigenvalue weighted by Gasteiger charge is -2.10. The summed E-state index contributed by atoms with van der Waals surface area (Å²) in [6, 6.07) is 14.1. The Hall–Kier alpha value is -1.67. The van der Waals surface area contributed by atoms with Crippen LogP contribution in [0.3, 0.4) is 0 Å². The molecular formula is C16H18ClNO. The van der Waals surface area contributed by atoms with Crippen molar-refractivity contribution in [2.45, 2.75) is 13.8 Å². The Labute approximate surface area is 119 Å². The van der Waals surface area contributed by atoms with Crippen LogP contribution in [0.5, 0.6) is 5.75 Å². The molecule has 2 rings (SSSR count). The number of benzene rings is 2. The van der Waals surface area contributed by atoms with Crippen LogP contribution in [0.1, 0.15) is 11.1 Å². The third-order valence-electron chi connectivity index (χ3n) is 2.79. The van der Waals surface area contributed by atoms with Crippen molar-refractivity contribution in [3.8, 4) is 5.75 Å². The van der Waals surface area contributed by atoms with Gasteiger partial charge in [0.25, 0.3) is 0 Å². The van der Waals surface area contributed by atoms with Crippen molar-refractivity contribution < 1.29 is 4.74 Å². The maximum Gasteiger partial charge on any atom is 0.137 e. The second kappa shape index (κ2) is 6.48. The first-order chi connectivity index (χ1) is 9.15. The first kappa shape index (κ1) is 13.8. The maximum atomic E-state index is 6.10. The van der Waals surface area contributed by atoms with Crippen LogP contribution >= 0.6 is 11.6 Å². The van der Waals surface area contributed by atoms with Crippen LogP contribution in [-0.4, -0.2) is 13.2 Å². The lowest BCUT2D eigenvalue weighted by molar-refractivity contribution is 0.333. The van der Waals surface area contributed by atoms with E-state index < -0.39 is 0 Å². The Morgan fingerprint density at radius 2 is 1.84 bits per heavy atom. The van der Waals surface area contributed by atoms with Crippen molar-refractivity contribution in [3.05, 3.63) is 58.6 Å². The van der Waals surface area contributed by atoms with Crippen molar-refractivity contribution in [1.29, 1.82) is 0 Å². The summed E-state index contributed by atoms with van der Waals surface area (Å²) in [7, 11) is 0. The number of hydrogen-bond acceptors (Lipinski definition) is 2. The molecule has 0 unspecified atom stereocenters. The molecule has 2 aromatic carbocycles. The zero-order valence-corrected chi connectivity index (χ0v) is 12.0. The fourth-order valence-corrected chi connectivity index (χ4v) is 2.12. The van der Waals surface area contributed by atoms with Crippen LogP contribution in [0, 0.1) is 13.8 Å². The molecule has 0 bridgehead atoms. The van der Waals surface area contributed by atoms with Gasteiger partial charge in [-0.05, 0) is 49.2 Å². The normalized spacial score (nSPS) is 10.3. The predicted molar refractivity (Wildman–Crippen MR) is 81.4 cm³/mol.